The SMILES string of the molecule is Nc1cc(OCC(F)(F)F)ncn1. The highest BCUT2D eigenvalue weighted by Crippen LogP contribution is 2.17. The molecule has 0 unspecified atom stereocenters. The summed E-state index contributed by atoms with van der Waals surface area (Å²) in [4.78, 5) is 6.92. The summed E-state index contributed by atoms with van der Waals surface area (Å²) in [5, 5.41) is 0. The number of rotatable bonds is 2. The maximum absolute atomic E-state index is 11.6. The molecule has 1 heterocycles. The number of ether oxygens (including phenoxy) is 1. The van der Waals surface area contributed by atoms with Gasteiger partial charge in [0.05, 0.1) is 0 Å². The van der Waals surface area contributed by atoms with Crippen molar-refractivity contribution in [3.63, 3.8) is 0 Å². The van der Waals surface area contributed by atoms with E-state index in [1.54, 1.807) is 0 Å². The summed E-state index contributed by atoms with van der Waals surface area (Å²) in [5.74, 6) is -0.128. The van der Waals surface area contributed by atoms with Crippen LogP contribution in [-0.2, 0) is 0 Å². The minimum absolute atomic E-state index is 0.0622. The normalized spacial score (nSPS) is 11.3. The van der Waals surface area contributed by atoms with Gasteiger partial charge in [0.2, 0.25) is 5.88 Å². The van der Waals surface area contributed by atoms with Crippen LogP contribution in [0.2, 0.25) is 0 Å². The minimum Gasteiger partial charge on any atom is -0.468 e. The number of hydrogen-bond donors (Lipinski definition) is 1. The average Bonchev–Trinajstić information content (AvgIpc) is 2.00. The van der Waals surface area contributed by atoms with E-state index in [0.717, 1.165) is 12.4 Å². The minimum atomic E-state index is -4.38. The molecule has 0 spiro atoms. The molecule has 13 heavy (non-hydrogen) atoms. The zero-order valence-electron chi connectivity index (χ0n) is 6.38. The van der Waals surface area contributed by atoms with Gasteiger partial charge in [0.1, 0.15) is 12.1 Å². The zero-order chi connectivity index (χ0) is 9.90. The highest BCUT2D eigenvalue weighted by Gasteiger charge is 2.28. The van der Waals surface area contributed by atoms with Crippen molar-refractivity contribution < 1.29 is 17.9 Å². The maximum Gasteiger partial charge on any atom is 0.422 e. The Morgan fingerprint density at radius 3 is 2.62 bits per heavy atom. The summed E-state index contributed by atoms with van der Waals surface area (Å²) >= 11 is 0. The van der Waals surface area contributed by atoms with Crippen LogP contribution in [0.15, 0.2) is 12.4 Å². The second-order valence-corrected chi connectivity index (χ2v) is 2.18. The highest BCUT2D eigenvalue weighted by atomic mass is 19.4. The summed E-state index contributed by atoms with van der Waals surface area (Å²) in [5.41, 5.74) is 5.19. The van der Waals surface area contributed by atoms with Crippen LogP contribution in [0.1, 0.15) is 0 Å². The van der Waals surface area contributed by atoms with E-state index in [1.807, 2.05) is 0 Å². The van der Waals surface area contributed by atoms with E-state index in [-0.39, 0.29) is 11.7 Å². The van der Waals surface area contributed by atoms with Crippen molar-refractivity contribution in [1.29, 1.82) is 0 Å². The molecule has 2 N–H and O–H groups in total. The Labute approximate surface area is 71.6 Å². The summed E-state index contributed by atoms with van der Waals surface area (Å²) < 4.78 is 39.2. The number of nitrogens with two attached hydrogens (primary N) is 1. The van der Waals surface area contributed by atoms with Crippen LogP contribution in [0.25, 0.3) is 0 Å². The zero-order valence-corrected chi connectivity index (χ0v) is 6.38. The molecule has 0 bridgehead atoms. The molecule has 0 atom stereocenters. The molecule has 0 fully saturated rings. The molecule has 7 heteroatoms. The summed E-state index contributed by atoms with van der Waals surface area (Å²) in [6.45, 7) is -1.39. The van der Waals surface area contributed by atoms with E-state index in [9.17, 15) is 13.2 Å². The molecular weight excluding hydrogens is 187 g/mol. The number of aromatic nitrogens is 2. The number of hydrogen-bond acceptors (Lipinski definition) is 4. The lowest BCUT2D eigenvalue weighted by molar-refractivity contribution is -0.154. The number of alkyl halides is 3. The molecule has 1 aromatic heterocycles. The Morgan fingerprint density at radius 2 is 2.08 bits per heavy atom. The molecule has 72 valence electrons. The van der Waals surface area contributed by atoms with Crippen LogP contribution in [0.4, 0.5) is 19.0 Å². The van der Waals surface area contributed by atoms with E-state index < -0.39 is 12.8 Å². The van der Waals surface area contributed by atoms with Crippen molar-refractivity contribution >= 4 is 5.82 Å². The van der Waals surface area contributed by atoms with Crippen LogP contribution in [0, 0.1) is 0 Å². The first-order chi connectivity index (χ1) is 5.97. The fraction of sp³-hybridized carbons (Fsp3) is 0.333. The molecule has 0 saturated heterocycles. The van der Waals surface area contributed by atoms with E-state index in [2.05, 4.69) is 14.7 Å². The van der Waals surface area contributed by atoms with Crippen LogP contribution in [-0.4, -0.2) is 22.8 Å². The molecular formula is C6H6F3N3O. The van der Waals surface area contributed by atoms with Gasteiger partial charge in [0, 0.05) is 6.07 Å². The molecule has 0 saturated carbocycles. The molecule has 0 aromatic carbocycles. The van der Waals surface area contributed by atoms with Gasteiger partial charge in [-0.25, -0.2) is 9.97 Å². The van der Waals surface area contributed by atoms with Crippen LogP contribution < -0.4 is 10.5 Å². The standard InChI is InChI=1S/C6H6F3N3O/c7-6(8,9)2-13-5-1-4(10)11-3-12-5/h1,3H,2H2,(H2,10,11,12). The smallest absolute Gasteiger partial charge is 0.422 e. The van der Waals surface area contributed by atoms with E-state index in [4.69, 9.17) is 5.73 Å². The number of nitrogen functional groups attached to an aromatic ring is 1. The fourth-order valence-corrected chi connectivity index (χ4v) is 0.588. The second kappa shape index (κ2) is 3.46. The number of anilines is 1. The third-order valence-corrected chi connectivity index (χ3v) is 1.05. The average molecular weight is 193 g/mol. The van der Waals surface area contributed by atoms with Crippen molar-refractivity contribution in [2.45, 2.75) is 6.18 Å². The Hall–Kier alpha value is -1.53. The Kier molecular flexibility index (Phi) is 2.54. The molecule has 0 amide bonds. The van der Waals surface area contributed by atoms with Gasteiger partial charge in [-0.1, -0.05) is 0 Å². The van der Waals surface area contributed by atoms with Gasteiger partial charge in [-0.15, -0.1) is 0 Å². The molecule has 0 aliphatic carbocycles. The lowest BCUT2D eigenvalue weighted by Crippen LogP contribution is -2.19. The quantitative estimate of drug-likeness (QED) is 0.761. The number of nitrogens with zero attached hydrogens (tertiary/aromatic N) is 2. The topological polar surface area (TPSA) is 61.0 Å². The molecule has 0 radical (unpaired) electrons. The monoisotopic (exact) mass is 193 g/mol. The first-order valence-electron chi connectivity index (χ1n) is 3.24. The lowest BCUT2D eigenvalue weighted by Gasteiger charge is -2.07. The van der Waals surface area contributed by atoms with Crippen molar-refractivity contribution in [2.75, 3.05) is 12.3 Å². The van der Waals surface area contributed by atoms with Gasteiger partial charge in [-0.2, -0.15) is 13.2 Å². The van der Waals surface area contributed by atoms with E-state index >= 15 is 0 Å². The first kappa shape index (κ1) is 9.56. The second-order valence-electron chi connectivity index (χ2n) is 2.18. The van der Waals surface area contributed by atoms with Crippen molar-refractivity contribution in [2.24, 2.45) is 0 Å². The Morgan fingerprint density at radius 1 is 1.38 bits per heavy atom. The van der Waals surface area contributed by atoms with Crippen molar-refractivity contribution in [1.82, 2.24) is 9.97 Å². The molecule has 1 aromatic rings. The van der Waals surface area contributed by atoms with Gasteiger partial charge in [-0.05, 0) is 0 Å². The summed E-state index contributed by atoms with van der Waals surface area (Å²) in [6.07, 6.45) is -3.35. The van der Waals surface area contributed by atoms with Gasteiger partial charge in [0.15, 0.2) is 6.61 Å². The van der Waals surface area contributed by atoms with Crippen LogP contribution in [0.5, 0.6) is 5.88 Å². The van der Waals surface area contributed by atoms with Gasteiger partial charge < -0.3 is 10.5 Å². The fourth-order valence-electron chi connectivity index (χ4n) is 0.588. The van der Waals surface area contributed by atoms with E-state index in [0.29, 0.717) is 0 Å². The molecule has 0 aliphatic heterocycles. The summed E-state index contributed by atoms with van der Waals surface area (Å²) in [6, 6.07) is 1.12. The molecule has 1 rings (SSSR count). The third-order valence-electron chi connectivity index (χ3n) is 1.05. The Balaban J connectivity index is 2.55. The van der Waals surface area contributed by atoms with Crippen LogP contribution >= 0.6 is 0 Å². The maximum atomic E-state index is 11.6. The third kappa shape index (κ3) is 3.59. The summed E-state index contributed by atoms with van der Waals surface area (Å²) in [7, 11) is 0. The van der Waals surface area contributed by atoms with Crippen LogP contribution in [0.3, 0.4) is 0 Å². The lowest BCUT2D eigenvalue weighted by atomic mass is 10.6. The van der Waals surface area contributed by atoms with Crippen molar-refractivity contribution in [3.8, 4) is 5.88 Å². The largest absolute Gasteiger partial charge is 0.468 e. The van der Waals surface area contributed by atoms with Crippen molar-refractivity contribution in [3.05, 3.63) is 12.4 Å². The predicted molar refractivity (Wildman–Crippen MR) is 38.0 cm³/mol. The first-order valence-corrected chi connectivity index (χ1v) is 3.24. The van der Waals surface area contributed by atoms with Gasteiger partial charge >= 0.3 is 6.18 Å². The molecule has 0 aliphatic rings. The predicted octanol–water partition coefficient (Wildman–Crippen LogP) is 1.000. The highest BCUT2D eigenvalue weighted by molar-refractivity contribution is 5.30. The number of halogens is 3. The van der Waals surface area contributed by atoms with E-state index in [1.165, 1.54) is 0 Å². The molecule has 4 nitrogen and oxygen atoms in total. The van der Waals surface area contributed by atoms with Gasteiger partial charge in [-0.3, -0.25) is 0 Å². The van der Waals surface area contributed by atoms with Gasteiger partial charge in [0.25, 0.3) is 0 Å². The Bertz CT molecular complexity index is 289.